The second-order valence-electron chi connectivity index (χ2n) is 3.20. The van der Waals surface area contributed by atoms with Crippen LogP contribution in [0.1, 0.15) is 0 Å². The highest BCUT2D eigenvalue weighted by Gasteiger charge is 2.13. The van der Waals surface area contributed by atoms with Gasteiger partial charge in [0.25, 0.3) is 0 Å². The van der Waals surface area contributed by atoms with E-state index in [1.54, 1.807) is 6.33 Å². The van der Waals surface area contributed by atoms with E-state index in [0.29, 0.717) is 0 Å². The molecule has 1 aliphatic heterocycles. The van der Waals surface area contributed by atoms with Gasteiger partial charge in [0.1, 0.15) is 6.33 Å². The van der Waals surface area contributed by atoms with Gasteiger partial charge in [-0.15, -0.1) is 0 Å². The average molecular weight is 177 g/mol. The Balaban J connectivity index is 2.03. The summed E-state index contributed by atoms with van der Waals surface area (Å²) in [5.74, 6) is 0. The highest BCUT2D eigenvalue weighted by Crippen LogP contribution is 2.12. The third-order valence-corrected chi connectivity index (χ3v) is 2.28. The Bertz CT molecular complexity index is 254. The molecule has 4 heteroatoms. The van der Waals surface area contributed by atoms with Gasteiger partial charge in [-0.1, -0.05) is 0 Å². The van der Waals surface area contributed by atoms with Crippen molar-refractivity contribution in [2.45, 2.75) is 0 Å². The molecule has 2 rings (SSSR count). The third kappa shape index (κ3) is 1.95. The van der Waals surface area contributed by atoms with Crippen LogP contribution < -0.4 is 4.90 Å². The number of anilines is 1. The summed E-state index contributed by atoms with van der Waals surface area (Å²) in [6.45, 7) is 4.04. The highest BCUT2D eigenvalue weighted by atomic mass is 15.3. The quantitative estimate of drug-likeness (QED) is 0.621. The van der Waals surface area contributed by atoms with Crippen LogP contribution in [0.4, 0.5) is 5.69 Å². The number of nitrogens with zero attached hydrogens (tertiary/aromatic N) is 4. The molecule has 0 aliphatic carbocycles. The lowest BCUT2D eigenvalue weighted by atomic mass is 10.3. The molecule has 0 atom stereocenters. The molecule has 0 unspecified atom stereocenters. The molecule has 0 amide bonds. The van der Waals surface area contributed by atoms with Crippen molar-refractivity contribution in [1.82, 2.24) is 14.9 Å². The molecular formula is C9H13N4. The molecule has 0 spiro atoms. The summed E-state index contributed by atoms with van der Waals surface area (Å²) in [6, 6.07) is 0. The van der Waals surface area contributed by atoms with Gasteiger partial charge in [0.2, 0.25) is 0 Å². The number of aromatic nitrogens is 2. The first-order valence-corrected chi connectivity index (χ1v) is 4.41. The summed E-state index contributed by atoms with van der Waals surface area (Å²) < 4.78 is 0. The number of piperazine rings is 1. The molecule has 0 saturated carbocycles. The maximum atomic E-state index is 4.00. The first-order valence-electron chi connectivity index (χ1n) is 4.41. The summed E-state index contributed by atoms with van der Waals surface area (Å²) in [5, 5.41) is 0. The SMILES string of the molecule is [CH2]N1CCN(c2cncnc2)CC1. The normalized spacial score (nSPS) is 19.0. The molecule has 13 heavy (non-hydrogen) atoms. The average Bonchev–Trinajstić information content (AvgIpc) is 2.20. The summed E-state index contributed by atoms with van der Waals surface area (Å²) in [7, 11) is 3.90. The van der Waals surface area contributed by atoms with E-state index in [4.69, 9.17) is 0 Å². The third-order valence-electron chi connectivity index (χ3n) is 2.28. The topological polar surface area (TPSA) is 32.3 Å². The first-order chi connectivity index (χ1) is 6.36. The molecule has 69 valence electrons. The van der Waals surface area contributed by atoms with Gasteiger partial charge in [-0.2, -0.15) is 0 Å². The molecule has 1 aromatic heterocycles. The van der Waals surface area contributed by atoms with Gasteiger partial charge in [-0.05, 0) is 0 Å². The molecule has 1 aliphatic rings. The van der Waals surface area contributed by atoms with E-state index in [2.05, 4.69) is 26.8 Å². The maximum absolute atomic E-state index is 4.00. The van der Waals surface area contributed by atoms with Crippen molar-refractivity contribution in [2.75, 3.05) is 31.1 Å². The van der Waals surface area contributed by atoms with Crippen LogP contribution in [-0.2, 0) is 0 Å². The standard InChI is InChI=1S/C9H13N4/c1-12-2-4-13(5-3-12)9-6-10-8-11-7-9/h6-8H,1-5H2. The fourth-order valence-corrected chi connectivity index (χ4v) is 1.46. The monoisotopic (exact) mass is 177 g/mol. The van der Waals surface area contributed by atoms with E-state index >= 15 is 0 Å². The van der Waals surface area contributed by atoms with Crippen molar-refractivity contribution in [3.63, 3.8) is 0 Å². The van der Waals surface area contributed by atoms with Gasteiger partial charge in [-0.3, -0.25) is 4.90 Å². The number of hydrogen-bond acceptors (Lipinski definition) is 4. The summed E-state index contributed by atoms with van der Waals surface area (Å²) >= 11 is 0. The van der Waals surface area contributed by atoms with Crippen LogP contribution in [0.15, 0.2) is 18.7 Å². The van der Waals surface area contributed by atoms with Crippen molar-refractivity contribution < 1.29 is 0 Å². The molecule has 0 aromatic carbocycles. The fourth-order valence-electron chi connectivity index (χ4n) is 1.46. The van der Waals surface area contributed by atoms with Gasteiger partial charge in [-0.25, -0.2) is 9.97 Å². The van der Waals surface area contributed by atoms with Crippen LogP contribution in [-0.4, -0.2) is 41.0 Å². The molecular weight excluding hydrogens is 164 g/mol. The van der Waals surface area contributed by atoms with Crippen molar-refractivity contribution in [2.24, 2.45) is 0 Å². The molecule has 1 aromatic rings. The second-order valence-corrected chi connectivity index (χ2v) is 3.20. The van der Waals surface area contributed by atoms with E-state index < -0.39 is 0 Å². The zero-order chi connectivity index (χ0) is 9.10. The predicted molar refractivity (Wildman–Crippen MR) is 51.2 cm³/mol. The Hall–Kier alpha value is -1.16. The van der Waals surface area contributed by atoms with Gasteiger partial charge in [0.05, 0.1) is 18.1 Å². The van der Waals surface area contributed by atoms with Crippen molar-refractivity contribution >= 4 is 5.69 Å². The Labute approximate surface area is 78.2 Å². The Morgan fingerprint density at radius 3 is 2.31 bits per heavy atom. The zero-order valence-electron chi connectivity index (χ0n) is 7.56. The van der Waals surface area contributed by atoms with E-state index in [1.165, 1.54) is 0 Å². The molecule has 1 fully saturated rings. The molecule has 1 saturated heterocycles. The van der Waals surface area contributed by atoms with E-state index in [9.17, 15) is 0 Å². The van der Waals surface area contributed by atoms with E-state index in [0.717, 1.165) is 31.9 Å². The van der Waals surface area contributed by atoms with Gasteiger partial charge in [0, 0.05) is 33.2 Å². The summed E-state index contributed by atoms with van der Waals surface area (Å²) in [6.07, 6.45) is 5.26. The lowest BCUT2D eigenvalue weighted by Gasteiger charge is -2.33. The van der Waals surface area contributed by atoms with Crippen LogP contribution >= 0.6 is 0 Å². The maximum Gasteiger partial charge on any atom is 0.115 e. The predicted octanol–water partition coefficient (Wildman–Crippen LogP) is 0.390. The van der Waals surface area contributed by atoms with Crippen molar-refractivity contribution in [1.29, 1.82) is 0 Å². The minimum absolute atomic E-state index is 1.01. The molecule has 1 radical (unpaired) electrons. The minimum atomic E-state index is 1.01. The van der Waals surface area contributed by atoms with Crippen LogP contribution in [0.3, 0.4) is 0 Å². The highest BCUT2D eigenvalue weighted by molar-refractivity contribution is 5.41. The number of hydrogen-bond donors (Lipinski definition) is 0. The summed E-state index contributed by atoms with van der Waals surface area (Å²) in [4.78, 5) is 12.4. The van der Waals surface area contributed by atoms with Gasteiger partial charge < -0.3 is 4.90 Å². The van der Waals surface area contributed by atoms with Crippen LogP contribution in [0.5, 0.6) is 0 Å². The lowest BCUT2D eigenvalue weighted by molar-refractivity contribution is 0.344. The van der Waals surface area contributed by atoms with E-state index in [1.807, 2.05) is 12.4 Å². The Morgan fingerprint density at radius 1 is 1.08 bits per heavy atom. The Morgan fingerprint density at radius 2 is 1.69 bits per heavy atom. The smallest absolute Gasteiger partial charge is 0.115 e. The first kappa shape index (κ1) is 8.44. The summed E-state index contributed by atoms with van der Waals surface area (Å²) in [5.41, 5.74) is 1.11. The van der Waals surface area contributed by atoms with Gasteiger partial charge >= 0.3 is 0 Å². The molecule has 0 bridgehead atoms. The van der Waals surface area contributed by atoms with Gasteiger partial charge in [0.15, 0.2) is 0 Å². The van der Waals surface area contributed by atoms with Crippen LogP contribution in [0.25, 0.3) is 0 Å². The van der Waals surface area contributed by atoms with Crippen LogP contribution in [0.2, 0.25) is 0 Å². The largest absolute Gasteiger partial charge is 0.366 e. The zero-order valence-corrected chi connectivity index (χ0v) is 7.56. The minimum Gasteiger partial charge on any atom is -0.366 e. The Kier molecular flexibility index (Phi) is 2.40. The van der Waals surface area contributed by atoms with E-state index in [-0.39, 0.29) is 0 Å². The fraction of sp³-hybridized carbons (Fsp3) is 0.444. The molecule has 2 heterocycles. The lowest BCUT2D eigenvalue weighted by Crippen LogP contribution is -2.43. The van der Waals surface area contributed by atoms with Crippen molar-refractivity contribution in [3.05, 3.63) is 25.8 Å². The van der Waals surface area contributed by atoms with Crippen molar-refractivity contribution in [3.8, 4) is 0 Å². The van der Waals surface area contributed by atoms with Crippen LogP contribution in [0, 0.1) is 7.05 Å². The number of rotatable bonds is 1. The second kappa shape index (κ2) is 3.70. The molecule has 4 nitrogen and oxygen atoms in total. The molecule has 0 N–H and O–H groups in total.